The standard InChI is InChI=1S/C14H16F2N2O/c15-14(16,8-11-2-1-5-17-11)10-3-4-12-9(6-10)7-13(19)18-12/h3-4,6,11,17H,1-2,5,7-8H2,(H,18,19). The number of hydrogen-bond donors (Lipinski definition) is 2. The molecule has 1 amide bonds. The lowest BCUT2D eigenvalue weighted by atomic mass is 9.97. The Morgan fingerprint density at radius 3 is 2.95 bits per heavy atom. The van der Waals surface area contributed by atoms with E-state index in [-0.39, 0.29) is 30.4 Å². The number of rotatable bonds is 3. The summed E-state index contributed by atoms with van der Waals surface area (Å²) in [4.78, 5) is 11.2. The summed E-state index contributed by atoms with van der Waals surface area (Å²) in [6, 6.07) is 4.34. The van der Waals surface area contributed by atoms with Crippen molar-refractivity contribution in [3.05, 3.63) is 29.3 Å². The molecule has 1 saturated heterocycles. The van der Waals surface area contributed by atoms with E-state index in [9.17, 15) is 13.6 Å². The Kier molecular flexibility index (Phi) is 3.01. The molecule has 0 radical (unpaired) electrons. The van der Waals surface area contributed by atoms with Gasteiger partial charge in [-0.3, -0.25) is 4.79 Å². The SMILES string of the molecule is O=C1Cc2cc(C(F)(F)CC3CCCN3)ccc2N1. The number of benzene rings is 1. The first-order valence-corrected chi connectivity index (χ1v) is 6.59. The molecule has 2 aliphatic heterocycles. The van der Waals surface area contributed by atoms with Gasteiger partial charge in [0, 0.05) is 23.7 Å². The summed E-state index contributed by atoms with van der Waals surface area (Å²) in [7, 11) is 0. The molecule has 0 aliphatic carbocycles. The first-order valence-electron chi connectivity index (χ1n) is 6.59. The summed E-state index contributed by atoms with van der Waals surface area (Å²) < 4.78 is 28.5. The lowest BCUT2D eigenvalue weighted by Crippen LogP contribution is -2.29. The van der Waals surface area contributed by atoms with Gasteiger partial charge in [0.2, 0.25) is 5.91 Å². The third-order valence-corrected chi connectivity index (χ3v) is 3.82. The maximum absolute atomic E-state index is 14.2. The monoisotopic (exact) mass is 266 g/mol. The van der Waals surface area contributed by atoms with Crippen LogP contribution in [0.25, 0.3) is 0 Å². The van der Waals surface area contributed by atoms with Gasteiger partial charge in [-0.1, -0.05) is 6.07 Å². The second-order valence-electron chi connectivity index (χ2n) is 5.30. The molecule has 3 rings (SSSR count). The highest BCUT2D eigenvalue weighted by Crippen LogP contribution is 2.37. The van der Waals surface area contributed by atoms with Crippen LogP contribution in [0, 0.1) is 0 Å². The minimum absolute atomic E-state index is 0.0106. The van der Waals surface area contributed by atoms with Gasteiger partial charge in [-0.15, -0.1) is 0 Å². The Morgan fingerprint density at radius 2 is 2.21 bits per heavy atom. The zero-order valence-corrected chi connectivity index (χ0v) is 10.5. The van der Waals surface area contributed by atoms with Crippen molar-refractivity contribution >= 4 is 11.6 Å². The van der Waals surface area contributed by atoms with E-state index >= 15 is 0 Å². The van der Waals surface area contributed by atoms with Crippen molar-refractivity contribution in [1.29, 1.82) is 0 Å². The fourth-order valence-corrected chi connectivity index (χ4v) is 2.82. The quantitative estimate of drug-likeness (QED) is 0.882. The summed E-state index contributed by atoms with van der Waals surface area (Å²) in [5.74, 6) is -2.98. The predicted octanol–water partition coefficient (Wildman–Crippen LogP) is 2.42. The van der Waals surface area contributed by atoms with Crippen molar-refractivity contribution < 1.29 is 13.6 Å². The molecule has 0 spiro atoms. The van der Waals surface area contributed by atoms with Crippen molar-refractivity contribution in [2.24, 2.45) is 0 Å². The van der Waals surface area contributed by atoms with Crippen LogP contribution in [0.5, 0.6) is 0 Å². The van der Waals surface area contributed by atoms with Crippen LogP contribution in [0.2, 0.25) is 0 Å². The van der Waals surface area contributed by atoms with Crippen LogP contribution in [0.15, 0.2) is 18.2 Å². The number of carbonyl (C=O) groups excluding carboxylic acids is 1. The highest BCUT2D eigenvalue weighted by Gasteiger charge is 2.36. The van der Waals surface area contributed by atoms with Gasteiger partial charge < -0.3 is 10.6 Å². The van der Waals surface area contributed by atoms with Crippen LogP contribution in [-0.2, 0) is 17.1 Å². The number of carbonyl (C=O) groups is 1. The van der Waals surface area contributed by atoms with Crippen molar-refractivity contribution in [3.63, 3.8) is 0 Å². The molecule has 2 aliphatic rings. The van der Waals surface area contributed by atoms with Crippen molar-refractivity contribution in [3.8, 4) is 0 Å². The Morgan fingerprint density at radius 1 is 1.37 bits per heavy atom. The molecule has 0 bridgehead atoms. The number of amides is 1. The summed E-state index contributed by atoms with van der Waals surface area (Å²) in [6.07, 6.45) is 1.79. The zero-order valence-electron chi connectivity index (χ0n) is 10.5. The molecule has 0 saturated carbocycles. The molecule has 19 heavy (non-hydrogen) atoms. The summed E-state index contributed by atoms with van der Waals surface area (Å²) in [5.41, 5.74) is 1.33. The molecule has 0 aromatic heterocycles. The number of halogens is 2. The lowest BCUT2D eigenvalue weighted by molar-refractivity contribution is -0.115. The van der Waals surface area contributed by atoms with Gasteiger partial charge >= 0.3 is 0 Å². The van der Waals surface area contributed by atoms with Crippen LogP contribution in [0.1, 0.15) is 30.4 Å². The Hall–Kier alpha value is -1.49. The maximum atomic E-state index is 14.2. The number of hydrogen-bond acceptors (Lipinski definition) is 2. The van der Waals surface area contributed by atoms with Gasteiger partial charge in [-0.2, -0.15) is 0 Å². The third-order valence-electron chi connectivity index (χ3n) is 3.82. The summed E-state index contributed by atoms with van der Waals surface area (Å²) in [6.45, 7) is 0.823. The molecule has 2 heterocycles. The largest absolute Gasteiger partial charge is 0.326 e. The second-order valence-corrected chi connectivity index (χ2v) is 5.30. The molecule has 1 unspecified atom stereocenters. The number of anilines is 1. The Bertz CT molecular complexity index is 510. The Balaban J connectivity index is 1.80. The van der Waals surface area contributed by atoms with Gasteiger partial charge in [-0.25, -0.2) is 8.78 Å². The highest BCUT2D eigenvalue weighted by molar-refractivity contribution is 5.99. The van der Waals surface area contributed by atoms with Crippen LogP contribution >= 0.6 is 0 Å². The average molecular weight is 266 g/mol. The number of nitrogens with one attached hydrogen (secondary N) is 2. The molecule has 5 heteroatoms. The van der Waals surface area contributed by atoms with E-state index in [0.29, 0.717) is 11.3 Å². The van der Waals surface area contributed by atoms with E-state index in [2.05, 4.69) is 10.6 Å². The fourth-order valence-electron chi connectivity index (χ4n) is 2.82. The molecule has 1 atom stereocenters. The van der Waals surface area contributed by atoms with Crippen molar-refractivity contribution in [2.45, 2.75) is 37.6 Å². The van der Waals surface area contributed by atoms with Crippen molar-refractivity contribution in [2.75, 3.05) is 11.9 Å². The molecule has 1 aromatic carbocycles. The van der Waals surface area contributed by atoms with Gasteiger partial charge in [0.15, 0.2) is 0 Å². The molecular formula is C14H16F2N2O. The van der Waals surface area contributed by atoms with Crippen LogP contribution in [0.3, 0.4) is 0 Å². The number of alkyl halides is 2. The van der Waals surface area contributed by atoms with Gasteiger partial charge in [-0.05, 0) is 37.1 Å². The summed E-state index contributed by atoms with van der Waals surface area (Å²) in [5, 5.41) is 5.75. The van der Waals surface area contributed by atoms with Gasteiger partial charge in [0.05, 0.1) is 6.42 Å². The molecule has 1 fully saturated rings. The minimum atomic E-state index is -2.84. The van der Waals surface area contributed by atoms with E-state index in [1.165, 1.54) is 12.1 Å². The van der Waals surface area contributed by atoms with Gasteiger partial charge in [0.25, 0.3) is 5.92 Å². The second kappa shape index (κ2) is 4.56. The van der Waals surface area contributed by atoms with E-state index in [4.69, 9.17) is 0 Å². The smallest absolute Gasteiger partial charge is 0.274 e. The normalized spacial score (nSPS) is 22.4. The molecular weight excluding hydrogens is 250 g/mol. The van der Waals surface area contributed by atoms with Crippen LogP contribution < -0.4 is 10.6 Å². The zero-order chi connectivity index (χ0) is 13.5. The molecule has 3 nitrogen and oxygen atoms in total. The van der Waals surface area contributed by atoms with Crippen molar-refractivity contribution in [1.82, 2.24) is 5.32 Å². The Labute approximate surface area is 110 Å². The first kappa shape index (κ1) is 12.5. The van der Waals surface area contributed by atoms with Crippen LogP contribution in [-0.4, -0.2) is 18.5 Å². The molecule has 2 N–H and O–H groups in total. The van der Waals surface area contributed by atoms with Crippen LogP contribution in [0.4, 0.5) is 14.5 Å². The topological polar surface area (TPSA) is 41.1 Å². The predicted molar refractivity (Wildman–Crippen MR) is 68.3 cm³/mol. The number of fused-ring (bicyclic) bond motifs is 1. The highest BCUT2D eigenvalue weighted by atomic mass is 19.3. The fraction of sp³-hybridized carbons (Fsp3) is 0.500. The lowest BCUT2D eigenvalue weighted by Gasteiger charge is -2.21. The maximum Gasteiger partial charge on any atom is 0.274 e. The first-order chi connectivity index (χ1) is 9.04. The van der Waals surface area contributed by atoms with E-state index in [0.717, 1.165) is 19.4 Å². The van der Waals surface area contributed by atoms with E-state index in [1.807, 2.05) is 0 Å². The average Bonchev–Trinajstić information content (AvgIpc) is 2.95. The molecule has 102 valence electrons. The summed E-state index contributed by atoms with van der Waals surface area (Å²) >= 11 is 0. The van der Waals surface area contributed by atoms with Gasteiger partial charge in [0.1, 0.15) is 0 Å². The minimum Gasteiger partial charge on any atom is -0.326 e. The van der Waals surface area contributed by atoms with E-state index in [1.54, 1.807) is 6.07 Å². The third kappa shape index (κ3) is 2.47. The van der Waals surface area contributed by atoms with E-state index < -0.39 is 5.92 Å². The molecule has 1 aromatic rings.